The third-order valence-corrected chi connectivity index (χ3v) is 10.1. The number of fused-ring (bicyclic) bond motifs is 1. The second-order valence-electron chi connectivity index (χ2n) is 12.5. The zero-order valence-electron chi connectivity index (χ0n) is 23.7. The SMILES string of the molecule is C.COC1C=CC2CC2(CN(Cc2ccc(C(O)N3CCNCC3)cc2)C2=NC(C(C)(C)C)CS2)C(OC)C1. The zero-order valence-corrected chi connectivity index (χ0v) is 24.5. The van der Waals surface area contributed by atoms with E-state index in [9.17, 15) is 5.11 Å². The first-order valence-corrected chi connectivity index (χ1v) is 15.1. The van der Waals surface area contributed by atoms with Gasteiger partial charge in [0.05, 0.1) is 18.2 Å². The number of ether oxygens (including phenoxy) is 2. The topological polar surface area (TPSA) is 69.6 Å². The number of aliphatic hydroxyl groups is 1. The van der Waals surface area contributed by atoms with Gasteiger partial charge in [-0.15, -0.1) is 0 Å². The number of nitrogens with zero attached hydrogens (tertiary/aromatic N) is 3. The molecule has 0 radical (unpaired) electrons. The van der Waals surface area contributed by atoms with E-state index in [2.05, 4.69) is 72.3 Å². The summed E-state index contributed by atoms with van der Waals surface area (Å²) in [4.78, 5) is 9.90. The molecule has 0 aromatic heterocycles. The molecule has 0 amide bonds. The predicted octanol–water partition coefficient (Wildman–Crippen LogP) is 4.53. The molecule has 1 aromatic carbocycles. The molecule has 0 spiro atoms. The van der Waals surface area contributed by atoms with Crippen LogP contribution in [0.1, 0.15) is 58.4 Å². The summed E-state index contributed by atoms with van der Waals surface area (Å²) < 4.78 is 11.8. The van der Waals surface area contributed by atoms with Crippen molar-refractivity contribution in [3.8, 4) is 0 Å². The lowest BCUT2D eigenvalue weighted by Crippen LogP contribution is -2.45. The Labute approximate surface area is 240 Å². The first-order chi connectivity index (χ1) is 18.2. The molecule has 2 heterocycles. The Morgan fingerprint density at radius 3 is 2.49 bits per heavy atom. The molecule has 2 fully saturated rings. The van der Waals surface area contributed by atoms with Crippen LogP contribution in [0.15, 0.2) is 41.4 Å². The maximum Gasteiger partial charge on any atom is 0.159 e. The highest BCUT2D eigenvalue weighted by Gasteiger charge is 2.60. The van der Waals surface area contributed by atoms with Gasteiger partial charge < -0.3 is 24.8 Å². The molecule has 2 N–H and O–H groups in total. The molecule has 39 heavy (non-hydrogen) atoms. The highest BCUT2D eigenvalue weighted by atomic mass is 32.2. The molecule has 4 aliphatic rings. The summed E-state index contributed by atoms with van der Waals surface area (Å²) in [6.45, 7) is 12.2. The number of rotatable bonds is 8. The van der Waals surface area contributed by atoms with Crippen molar-refractivity contribution in [3.63, 3.8) is 0 Å². The maximum absolute atomic E-state index is 10.9. The summed E-state index contributed by atoms with van der Waals surface area (Å²) in [5, 5.41) is 15.4. The lowest BCUT2D eigenvalue weighted by atomic mass is 9.88. The molecule has 1 saturated carbocycles. The van der Waals surface area contributed by atoms with Crippen LogP contribution in [0.4, 0.5) is 0 Å². The quantitative estimate of drug-likeness (QED) is 0.454. The van der Waals surface area contributed by atoms with E-state index in [0.717, 1.165) is 68.6 Å². The molecule has 218 valence electrons. The Morgan fingerprint density at radius 1 is 1.15 bits per heavy atom. The van der Waals surface area contributed by atoms with Crippen molar-refractivity contribution in [2.24, 2.45) is 21.7 Å². The third-order valence-electron chi connectivity index (χ3n) is 8.95. The molecule has 6 unspecified atom stereocenters. The van der Waals surface area contributed by atoms with Crippen molar-refractivity contribution in [3.05, 3.63) is 47.5 Å². The number of hydrogen-bond donors (Lipinski definition) is 2. The summed E-state index contributed by atoms with van der Waals surface area (Å²) in [7, 11) is 3.64. The minimum atomic E-state index is -0.551. The molecular weight excluding hydrogens is 508 g/mol. The lowest BCUT2D eigenvalue weighted by Gasteiger charge is -2.34. The minimum absolute atomic E-state index is 0. The van der Waals surface area contributed by atoms with Crippen molar-refractivity contribution < 1.29 is 14.6 Å². The van der Waals surface area contributed by atoms with Crippen LogP contribution in [-0.4, -0.2) is 91.0 Å². The number of methoxy groups -OCH3 is 2. The number of nitrogens with one attached hydrogen (secondary N) is 1. The second-order valence-corrected chi connectivity index (χ2v) is 13.5. The van der Waals surface area contributed by atoms with Gasteiger partial charge in [-0.2, -0.15) is 0 Å². The molecule has 8 heteroatoms. The van der Waals surface area contributed by atoms with Gasteiger partial charge in [0.2, 0.25) is 0 Å². The van der Waals surface area contributed by atoms with E-state index in [1.165, 1.54) is 5.56 Å². The number of benzene rings is 1. The molecule has 7 nitrogen and oxygen atoms in total. The average molecular weight is 559 g/mol. The largest absolute Gasteiger partial charge is 0.381 e. The van der Waals surface area contributed by atoms with E-state index in [4.69, 9.17) is 14.5 Å². The average Bonchev–Trinajstić information content (AvgIpc) is 3.40. The van der Waals surface area contributed by atoms with Gasteiger partial charge in [-0.3, -0.25) is 9.89 Å². The number of amidine groups is 1. The standard InChI is InChI=1S/C30H46N4O3S.CH4/c1-29(2,3)25-19-38-28(32-25)34(20-30-17-23(30)10-11-24(36-4)16-26(30)37-5)18-21-6-8-22(9-7-21)27(35)33-14-12-31-13-15-33;/h6-11,23-27,31,35H,12-20H2,1-5H3;1H4. The number of piperazine rings is 1. The van der Waals surface area contributed by atoms with E-state index in [1.807, 2.05) is 18.9 Å². The number of hydrogen-bond acceptors (Lipinski definition) is 8. The van der Waals surface area contributed by atoms with Gasteiger partial charge in [0.25, 0.3) is 0 Å². The number of thioether (sulfide) groups is 1. The van der Waals surface area contributed by atoms with Gasteiger partial charge in [-0.25, -0.2) is 0 Å². The van der Waals surface area contributed by atoms with Crippen molar-refractivity contribution in [1.29, 1.82) is 0 Å². The van der Waals surface area contributed by atoms with Crippen molar-refractivity contribution in [2.45, 2.75) is 72.1 Å². The van der Waals surface area contributed by atoms with Crippen molar-refractivity contribution >= 4 is 16.9 Å². The second kappa shape index (κ2) is 12.6. The fourth-order valence-electron chi connectivity index (χ4n) is 6.23. The smallest absolute Gasteiger partial charge is 0.159 e. The fraction of sp³-hybridized carbons (Fsp3) is 0.710. The normalized spacial score (nSPS) is 31.6. The lowest BCUT2D eigenvalue weighted by molar-refractivity contribution is -0.00842. The third kappa shape index (κ3) is 6.74. The fourth-order valence-corrected chi connectivity index (χ4v) is 7.62. The minimum Gasteiger partial charge on any atom is -0.381 e. The van der Waals surface area contributed by atoms with Crippen molar-refractivity contribution in [1.82, 2.24) is 15.1 Å². The van der Waals surface area contributed by atoms with Gasteiger partial charge in [-0.05, 0) is 28.9 Å². The van der Waals surface area contributed by atoms with Gasteiger partial charge in [-0.1, -0.05) is 76.4 Å². The molecule has 6 atom stereocenters. The Hall–Kier alpha value is -1.42. The van der Waals surface area contributed by atoms with E-state index in [0.29, 0.717) is 12.0 Å². The summed E-state index contributed by atoms with van der Waals surface area (Å²) in [6, 6.07) is 8.86. The maximum atomic E-state index is 10.9. The Bertz CT molecular complexity index is 1000. The van der Waals surface area contributed by atoms with Crippen molar-refractivity contribution in [2.75, 3.05) is 52.7 Å². The van der Waals surface area contributed by atoms with E-state index < -0.39 is 6.23 Å². The van der Waals surface area contributed by atoms with E-state index >= 15 is 0 Å². The van der Waals surface area contributed by atoms with E-state index in [-0.39, 0.29) is 30.5 Å². The van der Waals surface area contributed by atoms with E-state index in [1.54, 1.807) is 7.11 Å². The number of aliphatic imine (C=N–C) groups is 1. The molecule has 0 bridgehead atoms. The van der Waals surface area contributed by atoms with Gasteiger partial charge in [0.1, 0.15) is 6.23 Å². The van der Waals surface area contributed by atoms with Crippen LogP contribution in [0.2, 0.25) is 0 Å². The molecule has 5 rings (SSSR count). The molecule has 2 aliphatic carbocycles. The van der Waals surface area contributed by atoms with Gasteiger partial charge >= 0.3 is 0 Å². The van der Waals surface area contributed by atoms with Gasteiger partial charge in [0, 0.05) is 71.1 Å². The van der Waals surface area contributed by atoms with Gasteiger partial charge in [0.15, 0.2) is 5.17 Å². The monoisotopic (exact) mass is 558 g/mol. The summed E-state index contributed by atoms with van der Waals surface area (Å²) >= 11 is 1.90. The van der Waals surface area contributed by atoms with Crippen LogP contribution >= 0.6 is 11.8 Å². The zero-order chi connectivity index (χ0) is 26.9. The van der Waals surface area contributed by atoms with Crippen LogP contribution in [0.25, 0.3) is 0 Å². The molecule has 2 aliphatic heterocycles. The summed E-state index contributed by atoms with van der Waals surface area (Å²) in [5.41, 5.74) is 2.43. The predicted molar refractivity (Wildman–Crippen MR) is 162 cm³/mol. The highest BCUT2D eigenvalue weighted by molar-refractivity contribution is 8.14. The van der Waals surface area contributed by atoms with Crippen LogP contribution in [-0.2, 0) is 16.0 Å². The first kappa shape index (κ1) is 30.5. The highest BCUT2D eigenvalue weighted by Crippen LogP contribution is 2.60. The molecule has 1 saturated heterocycles. The molecule has 1 aromatic rings. The number of aliphatic hydroxyl groups excluding tert-OH is 1. The van der Waals surface area contributed by atoms with Crippen LogP contribution in [0.3, 0.4) is 0 Å². The molecular formula is C31H50N4O3S. The van der Waals surface area contributed by atoms with Crippen LogP contribution in [0.5, 0.6) is 0 Å². The first-order valence-electron chi connectivity index (χ1n) is 14.1. The summed E-state index contributed by atoms with van der Waals surface area (Å²) in [6.07, 6.45) is 6.33. The Kier molecular flexibility index (Phi) is 9.88. The summed E-state index contributed by atoms with van der Waals surface area (Å²) in [5.74, 6) is 1.54. The Balaban J connectivity index is 0.00000353. The van der Waals surface area contributed by atoms with Crippen LogP contribution < -0.4 is 5.32 Å². The Morgan fingerprint density at radius 2 is 1.87 bits per heavy atom. The van der Waals surface area contributed by atoms with Crippen LogP contribution in [0, 0.1) is 16.7 Å². The number of allylic oxidation sites excluding steroid dienone is 1.